The number of aliphatic hydroxyl groups is 2. The van der Waals surface area contributed by atoms with Crippen LogP contribution in [0, 0.1) is 0 Å². The Morgan fingerprint density at radius 1 is 1.36 bits per heavy atom. The van der Waals surface area contributed by atoms with Gasteiger partial charge in [0.25, 0.3) is 0 Å². The number of β-amino-alcohol motifs (C(OH)–C–C–N with tert-alkyl or cyclic N) is 2. The zero-order chi connectivity index (χ0) is 10.1. The molecule has 1 aliphatic heterocycles. The quantitative estimate of drug-likeness (QED) is 0.510. The number of aliphatic hydroxyl groups excluding tert-OH is 2. The van der Waals surface area contributed by atoms with Crippen LogP contribution in [-0.2, 0) is 6.54 Å². The van der Waals surface area contributed by atoms with E-state index in [1.807, 2.05) is 0 Å². The number of hydrogen-bond acceptors (Lipinski definition) is 7. The molecule has 0 aromatic carbocycles. The van der Waals surface area contributed by atoms with Crippen molar-refractivity contribution in [1.82, 2.24) is 10.2 Å². The molecule has 0 saturated carbocycles. The zero-order valence-electron chi connectivity index (χ0n) is 7.50. The predicted octanol–water partition coefficient (Wildman–Crippen LogP) is -1.93. The molecule has 7 nitrogen and oxygen atoms in total. The van der Waals surface area contributed by atoms with Crippen molar-refractivity contribution in [2.75, 3.05) is 18.0 Å². The molecule has 0 spiro atoms. The maximum atomic E-state index is 9.29. The van der Waals surface area contributed by atoms with Gasteiger partial charge < -0.3 is 25.3 Å². The molecule has 1 aromatic heterocycles. The smallest absolute Gasteiger partial charge is 0.318 e. The fourth-order valence-electron chi connectivity index (χ4n) is 1.38. The van der Waals surface area contributed by atoms with Gasteiger partial charge in [0.15, 0.2) is 0 Å². The Morgan fingerprint density at radius 2 is 2.00 bits per heavy atom. The Bertz CT molecular complexity index is 306. The molecule has 1 aromatic rings. The van der Waals surface area contributed by atoms with Gasteiger partial charge in [-0.3, -0.25) is 0 Å². The summed E-state index contributed by atoms with van der Waals surface area (Å²) >= 11 is 0. The number of nitrogens with zero attached hydrogens (tertiary/aromatic N) is 3. The molecule has 0 aliphatic carbocycles. The van der Waals surface area contributed by atoms with Crippen LogP contribution in [0.25, 0.3) is 0 Å². The van der Waals surface area contributed by atoms with E-state index in [9.17, 15) is 10.2 Å². The zero-order valence-corrected chi connectivity index (χ0v) is 7.50. The minimum absolute atomic E-state index is 0.186. The van der Waals surface area contributed by atoms with Crippen molar-refractivity contribution in [1.29, 1.82) is 0 Å². The van der Waals surface area contributed by atoms with Gasteiger partial charge in [0.2, 0.25) is 5.89 Å². The molecule has 0 radical (unpaired) electrons. The number of aromatic nitrogens is 2. The molecule has 7 heteroatoms. The van der Waals surface area contributed by atoms with Gasteiger partial charge in [-0.25, -0.2) is 0 Å². The van der Waals surface area contributed by atoms with Gasteiger partial charge in [-0.2, -0.15) is 0 Å². The summed E-state index contributed by atoms with van der Waals surface area (Å²) in [6.07, 6.45) is -1.52. The number of anilines is 1. The van der Waals surface area contributed by atoms with Gasteiger partial charge in [0.1, 0.15) is 0 Å². The lowest BCUT2D eigenvalue weighted by Crippen LogP contribution is -2.22. The van der Waals surface area contributed by atoms with E-state index in [2.05, 4.69) is 10.2 Å². The van der Waals surface area contributed by atoms with Crippen LogP contribution in [0.15, 0.2) is 4.42 Å². The number of hydrogen-bond donors (Lipinski definition) is 3. The second-order valence-electron chi connectivity index (χ2n) is 3.22. The molecule has 1 fully saturated rings. The maximum Gasteiger partial charge on any atom is 0.318 e. The Kier molecular flexibility index (Phi) is 2.36. The van der Waals surface area contributed by atoms with Crippen LogP contribution in [0.1, 0.15) is 5.89 Å². The molecule has 1 saturated heterocycles. The third-order valence-electron chi connectivity index (χ3n) is 2.16. The molecule has 78 valence electrons. The van der Waals surface area contributed by atoms with Crippen LogP contribution in [0.2, 0.25) is 0 Å². The molecule has 4 N–H and O–H groups in total. The second kappa shape index (κ2) is 3.52. The van der Waals surface area contributed by atoms with Gasteiger partial charge in [-0.05, 0) is 0 Å². The Labute approximate surface area is 80.1 Å². The molecular formula is C7H12N4O3. The van der Waals surface area contributed by atoms with Gasteiger partial charge in [0.05, 0.1) is 31.8 Å². The highest BCUT2D eigenvalue weighted by Gasteiger charge is 2.32. The van der Waals surface area contributed by atoms with Crippen LogP contribution < -0.4 is 10.6 Å². The summed E-state index contributed by atoms with van der Waals surface area (Å²) in [6.45, 7) is 0.784. The average molecular weight is 200 g/mol. The summed E-state index contributed by atoms with van der Waals surface area (Å²) in [7, 11) is 0. The van der Waals surface area contributed by atoms with Gasteiger partial charge in [-0.1, -0.05) is 5.10 Å². The largest absolute Gasteiger partial charge is 0.407 e. The normalized spacial score (nSPS) is 27.2. The van der Waals surface area contributed by atoms with Crippen molar-refractivity contribution in [2.24, 2.45) is 5.73 Å². The molecule has 0 amide bonds. The first kappa shape index (κ1) is 9.38. The van der Waals surface area contributed by atoms with E-state index < -0.39 is 12.2 Å². The second-order valence-corrected chi connectivity index (χ2v) is 3.22. The highest BCUT2D eigenvalue weighted by Crippen LogP contribution is 2.18. The molecule has 1 aliphatic rings. The highest BCUT2D eigenvalue weighted by atomic mass is 16.4. The lowest BCUT2D eigenvalue weighted by atomic mass is 10.3. The molecule has 2 heterocycles. The molecule has 2 unspecified atom stereocenters. The van der Waals surface area contributed by atoms with Crippen molar-refractivity contribution in [3.8, 4) is 0 Å². The van der Waals surface area contributed by atoms with Gasteiger partial charge in [0, 0.05) is 0 Å². The van der Waals surface area contributed by atoms with Crippen LogP contribution in [0.3, 0.4) is 0 Å². The summed E-state index contributed by atoms with van der Waals surface area (Å²) in [4.78, 5) is 1.63. The fourth-order valence-corrected chi connectivity index (χ4v) is 1.38. The van der Waals surface area contributed by atoms with E-state index in [1.165, 1.54) is 0 Å². The number of rotatable bonds is 2. The first-order valence-corrected chi connectivity index (χ1v) is 4.34. The Hall–Kier alpha value is -1.18. The van der Waals surface area contributed by atoms with Crippen molar-refractivity contribution < 1.29 is 14.6 Å². The van der Waals surface area contributed by atoms with Crippen LogP contribution >= 0.6 is 0 Å². The monoisotopic (exact) mass is 200 g/mol. The number of nitrogens with two attached hydrogens (primary N) is 1. The minimum atomic E-state index is -0.761. The summed E-state index contributed by atoms with van der Waals surface area (Å²) in [5.41, 5.74) is 5.30. The lowest BCUT2D eigenvalue weighted by molar-refractivity contribution is 0.0572. The van der Waals surface area contributed by atoms with Gasteiger partial charge >= 0.3 is 6.01 Å². The first-order chi connectivity index (χ1) is 6.70. The Morgan fingerprint density at radius 3 is 2.50 bits per heavy atom. The topological polar surface area (TPSA) is 109 Å². The van der Waals surface area contributed by atoms with Crippen molar-refractivity contribution in [2.45, 2.75) is 18.8 Å². The first-order valence-electron chi connectivity index (χ1n) is 4.34. The van der Waals surface area contributed by atoms with Crippen LogP contribution in [0.4, 0.5) is 6.01 Å². The van der Waals surface area contributed by atoms with Crippen molar-refractivity contribution >= 4 is 6.01 Å². The van der Waals surface area contributed by atoms with Crippen molar-refractivity contribution in [3.63, 3.8) is 0 Å². The van der Waals surface area contributed by atoms with E-state index in [-0.39, 0.29) is 6.54 Å². The summed E-state index contributed by atoms with van der Waals surface area (Å²) in [5.74, 6) is 0.343. The molecule has 2 atom stereocenters. The average Bonchev–Trinajstić information content (AvgIpc) is 2.74. The lowest BCUT2D eigenvalue weighted by Gasteiger charge is -2.09. The SMILES string of the molecule is NCc1nnc(N2CC(O)C(O)C2)o1. The fraction of sp³-hybridized carbons (Fsp3) is 0.714. The third kappa shape index (κ3) is 1.57. The van der Waals surface area contributed by atoms with Gasteiger partial charge in [-0.15, -0.1) is 5.10 Å². The van der Waals surface area contributed by atoms with E-state index in [0.29, 0.717) is 25.0 Å². The maximum absolute atomic E-state index is 9.29. The van der Waals surface area contributed by atoms with E-state index in [0.717, 1.165) is 0 Å². The molecule has 0 bridgehead atoms. The Balaban J connectivity index is 2.09. The van der Waals surface area contributed by atoms with Crippen LogP contribution in [-0.4, -0.2) is 45.7 Å². The van der Waals surface area contributed by atoms with E-state index >= 15 is 0 Å². The van der Waals surface area contributed by atoms with Crippen molar-refractivity contribution in [3.05, 3.63) is 5.89 Å². The summed E-state index contributed by atoms with van der Waals surface area (Å²) < 4.78 is 5.17. The molecule has 14 heavy (non-hydrogen) atoms. The highest BCUT2D eigenvalue weighted by molar-refractivity contribution is 5.28. The standard InChI is InChI=1S/C7H12N4O3/c8-1-6-9-10-7(14-6)11-2-4(12)5(13)3-11/h4-5,12-13H,1-3,8H2. The van der Waals surface area contributed by atoms with E-state index in [1.54, 1.807) is 4.90 Å². The van der Waals surface area contributed by atoms with Crippen LogP contribution in [0.5, 0.6) is 0 Å². The van der Waals surface area contributed by atoms with E-state index in [4.69, 9.17) is 10.2 Å². The third-order valence-corrected chi connectivity index (χ3v) is 2.16. The summed E-state index contributed by atoms with van der Waals surface area (Å²) in [5, 5.41) is 26.0. The summed E-state index contributed by atoms with van der Waals surface area (Å²) in [6, 6.07) is 0.293. The predicted molar refractivity (Wildman–Crippen MR) is 46.4 cm³/mol. The molecule has 2 rings (SSSR count). The minimum Gasteiger partial charge on any atom is -0.407 e. The molecular weight excluding hydrogens is 188 g/mol.